The number of rotatable bonds is 5. The Kier molecular flexibility index (Phi) is 5.74. The number of benzene rings is 1. The van der Waals surface area contributed by atoms with E-state index in [0.717, 1.165) is 4.88 Å². The number of thiazole rings is 1. The normalized spacial score (nSPS) is 10.7. The molecule has 0 unspecified atom stereocenters. The number of aryl methyl sites for hydroxylation is 1. The standard InChI is InChI=1S/C16H18ClN3O2S/c1-10(2)20(15(22)12-4-6-13(17)7-5-12)9-14(21)19-16-18-8-11(3)23-16/h4-8,10H,9H2,1-3H3,(H,18,19,21). The second-order valence-electron chi connectivity index (χ2n) is 5.36. The zero-order chi connectivity index (χ0) is 17.0. The molecule has 1 aromatic carbocycles. The van der Waals surface area contributed by atoms with Gasteiger partial charge in [0.25, 0.3) is 5.91 Å². The van der Waals surface area contributed by atoms with Crippen LogP contribution in [0, 0.1) is 6.92 Å². The van der Waals surface area contributed by atoms with Crippen LogP contribution in [0.1, 0.15) is 29.1 Å². The second kappa shape index (κ2) is 7.57. The van der Waals surface area contributed by atoms with E-state index in [4.69, 9.17) is 11.6 Å². The summed E-state index contributed by atoms with van der Waals surface area (Å²) in [7, 11) is 0. The Bertz CT molecular complexity index is 698. The van der Waals surface area contributed by atoms with Crippen LogP contribution in [0.2, 0.25) is 5.02 Å². The molecule has 0 saturated heterocycles. The molecule has 0 aliphatic carbocycles. The van der Waals surface area contributed by atoms with E-state index in [0.29, 0.717) is 15.7 Å². The lowest BCUT2D eigenvalue weighted by Crippen LogP contribution is -2.42. The predicted molar refractivity (Wildman–Crippen MR) is 93.1 cm³/mol. The quantitative estimate of drug-likeness (QED) is 0.895. The summed E-state index contributed by atoms with van der Waals surface area (Å²) in [5, 5.41) is 3.82. The van der Waals surface area contributed by atoms with Crippen molar-refractivity contribution in [3.05, 3.63) is 45.9 Å². The maximum Gasteiger partial charge on any atom is 0.254 e. The van der Waals surface area contributed by atoms with Crippen molar-refractivity contribution in [1.29, 1.82) is 0 Å². The van der Waals surface area contributed by atoms with Gasteiger partial charge in [-0.15, -0.1) is 11.3 Å². The molecule has 0 bridgehead atoms. The van der Waals surface area contributed by atoms with Crippen molar-refractivity contribution in [3.63, 3.8) is 0 Å². The number of halogens is 1. The highest BCUT2D eigenvalue weighted by Gasteiger charge is 2.22. The monoisotopic (exact) mass is 351 g/mol. The summed E-state index contributed by atoms with van der Waals surface area (Å²) in [6.07, 6.45) is 1.69. The van der Waals surface area contributed by atoms with Crippen LogP contribution < -0.4 is 5.32 Å². The second-order valence-corrected chi connectivity index (χ2v) is 7.03. The van der Waals surface area contributed by atoms with Gasteiger partial charge in [0.1, 0.15) is 6.54 Å². The number of nitrogens with zero attached hydrogens (tertiary/aromatic N) is 2. The van der Waals surface area contributed by atoms with Crippen LogP contribution in [0.4, 0.5) is 5.13 Å². The number of anilines is 1. The number of amides is 2. The summed E-state index contributed by atoms with van der Waals surface area (Å²) in [4.78, 5) is 31.4. The summed E-state index contributed by atoms with van der Waals surface area (Å²) >= 11 is 7.24. The molecule has 0 fully saturated rings. The van der Waals surface area contributed by atoms with E-state index in [1.165, 1.54) is 16.2 Å². The average molecular weight is 352 g/mol. The zero-order valence-electron chi connectivity index (χ0n) is 13.2. The summed E-state index contributed by atoms with van der Waals surface area (Å²) in [5.41, 5.74) is 0.501. The number of carbonyl (C=O) groups is 2. The molecular weight excluding hydrogens is 334 g/mol. The van der Waals surface area contributed by atoms with Gasteiger partial charge < -0.3 is 10.2 Å². The van der Waals surface area contributed by atoms with Crippen LogP contribution in [0.5, 0.6) is 0 Å². The van der Waals surface area contributed by atoms with Crippen LogP contribution in [0.3, 0.4) is 0 Å². The fourth-order valence-electron chi connectivity index (χ4n) is 1.97. The summed E-state index contributed by atoms with van der Waals surface area (Å²) in [6.45, 7) is 5.62. The fraction of sp³-hybridized carbons (Fsp3) is 0.312. The molecule has 5 nitrogen and oxygen atoms in total. The van der Waals surface area contributed by atoms with Crippen LogP contribution in [0.15, 0.2) is 30.5 Å². The molecule has 0 aliphatic rings. The maximum absolute atomic E-state index is 12.6. The zero-order valence-corrected chi connectivity index (χ0v) is 14.7. The van der Waals surface area contributed by atoms with E-state index >= 15 is 0 Å². The lowest BCUT2D eigenvalue weighted by atomic mass is 10.1. The molecule has 0 aliphatic heterocycles. The maximum atomic E-state index is 12.6. The molecule has 2 rings (SSSR count). The predicted octanol–water partition coefficient (Wildman–Crippen LogP) is 3.59. The smallest absolute Gasteiger partial charge is 0.254 e. The SMILES string of the molecule is Cc1cnc(NC(=O)CN(C(=O)c2ccc(Cl)cc2)C(C)C)s1. The largest absolute Gasteiger partial charge is 0.327 e. The molecule has 2 aromatic rings. The first kappa shape index (κ1) is 17.4. The average Bonchev–Trinajstić information content (AvgIpc) is 2.89. The Morgan fingerprint density at radius 3 is 2.48 bits per heavy atom. The highest BCUT2D eigenvalue weighted by Crippen LogP contribution is 2.17. The van der Waals surface area contributed by atoms with Crippen molar-refractivity contribution in [2.24, 2.45) is 0 Å². The number of hydrogen-bond donors (Lipinski definition) is 1. The molecule has 0 spiro atoms. The van der Waals surface area contributed by atoms with Crippen molar-refractivity contribution < 1.29 is 9.59 Å². The van der Waals surface area contributed by atoms with E-state index in [-0.39, 0.29) is 24.4 Å². The molecule has 23 heavy (non-hydrogen) atoms. The molecule has 1 aromatic heterocycles. The summed E-state index contributed by atoms with van der Waals surface area (Å²) in [5.74, 6) is -0.475. The molecule has 1 N–H and O–H groups in total. The number of carbonyl (C=O) groups excluding carboxylic acids is 2. The van der Waals surface area contributed by atoms with Gasteiger partial charge in [-0.1, -0.05) is 11.6 Å². The van der Waals surface area contributed by atoms with E-state index in [1.54, 1.807) is 30.5 Å². The van der Waals surface area contributed by atoms with Crippen molar-refractivity contribution >= 4 is 39.9 Å². The first-order valence-corrected chi connectivity index (χ1v) is 8.35. The minimum absolute atomic E-state index is 0.0300. The van der Waals surface area contributed by atoms with Crippen LogP contribution >= 0.6 is 22.9 Å². The summed E-state index contributed by atoms with van der Waals surface area (Å²) < 4.78 is 0. The van der Waals surface area contributed by atoms with Crippen molar-refractivity contribution in [2.45, 2.75) is 26.8 Å². The fourth-order valence-corrected chi connectivity index (χ4v) is 2.78. The summed E-state index contributed by atoms with van der Waals surface area (Å²) in [6, 6.07) is 6.52. The molecule has 0 radical (unpaired) electrons. The molecule has 0 atom stereocenters. The molecule has 7 heteroatoms. The van der Waals surface area contributed by atoms with Crippen molar-refractivity contribution in [3.8, 4) is 0 Å². The van der Waals surface area contributed by atoms with Gasteiger partial charge >= 0.3 is 0 Å². The minimum atomic E-state index is -0.268. The van der Waals surface area contributed by atoms with Gasteiger partial charge in [0.15, 0.2) is 5.13 Å². The third-order valence-electron chi connectivity index (χ3n) is 3.16. The number of nitrogens with one attached hydrogen (secondary N) is 1. The van der Waals surface area contributed by atoms with Gasteiger partial charge in [0.05, 0.1) is 0 Å². The minimum Gasteiger partial charge on any atom is -0.327 e. The molecule has 2 amide bonds. The first-order chi connectivity index (χ1) is 10.9. The van der Waals surface area contributed by atoms with E-state index < -0.39 is 0 Å². The highest BCUT2D eigenvalue weighted by molar-refractivity contribution is 7.15. The van der Waals surface area contributed by atoms with Gasteiger partial charge in [0, 0.05) is 27.7 Å². The number of aromatic nitrogens is 1. The molecule has 1 heterocycles. The van der Waals surface area contributed by atoms with E-state index in [2.05, 4.69) is 10.3 Å². The Hall–Kier alpha value is -1.92. The van der Waals surface area contributed by atoms with Crippen LogP contribution in [0.25, 0.3) is 0 Å². The lowest BCUT2D eigenvalue weighted by Gasteiger charge is -2.26. The van der Waals surface area contributed by atoms with E-state index in [9.17, 15) is 9.59 Å². The third-order valence-corrected chi connectivity index (χ3v) is 4.24. The highest BCUT2D eigenvalue weighted by atomic mass is 35.5. The molecule has 0 saturated carbocycles. The Balaban J connectivity index is 2.07. The van der Waals surface area contributed by atoms with Gasteiger partial charge in [-0.05, 0) is 45.0 Å². The Labute approximate surface area is 144 Å². The van der Waals surface area contributed by atoms with Gasteiger partial charge in [-0.25, -0.2) is 4.98 Å². The number of hydrogen-bond acceptors (Lipinski definition) is 4. The Morgan fingerprint density at radius 1 is 1.30 bits per heavy atom. The molecular formula is C16H18ClN3O2S. The Morgan fingerprint density at radius 2 is 1.96 bits per heavy atom. The van der Waals surface area contributed by atoms with E-state index in [1.807, 2.05) is 20.8 Å². The third kappa shape index (κ3) is 4.77. The topological polar surface area (TPSA) is 62.3 Å². The first-order valence-electron chi connectivity index (χ1n) is 7.15. The van der Waals surface area contributed by atoms with Crippen molar-refractivity contribution in [1.82, 2.24) is 9.88 Å². The van der Waals surface area contributed by atoms with Gasteiger partial charge in [-0.3, -0.25) is 9.59 Å². The van der Waals surface area contributed by atoms with Gasteiger partial charge in [0.2, 0.25) is 5.91 Å². The van der Waals surface area contributed by atoms with Crippen molar-refractivity contribution in [2.75, 3.05) is 11.9 Å². The van der Waals surface area contributed by atoms with Gasteiger partial charge in [-0.2, -0.15) is 0 Å². The molecule has 122 valence electrons. The van der Waals surface area contributed by atoms with Crippen LogP contribution in [-0.4, -0.2) is 34.3 Å². The lowest BCUT2D eigenvalue weighted by molar-refractivity contribution is -0.117. The van der Waals surface area contributed by atoms with Crippen LogP contribution in [-0.2, 0) is 4.79 Å².